The summed E-state index contributed by atoms with van der Waals surface area (Å²) < 4.78 is 12.5. The van der Waals surface area contributed by atoms with Crippen molar-refractivity contribution in [2.45, 2.75) is 83.7 Å². The minimum atomic E-state index is -0.356. The standard InChI is InChI=1S/C23H35BN4O2/c1-13(2)16(25)12-28-19-9-14(19)10-20(28)21-26-17-8-7-15(11-18(17)27-21)24-29-22(3,4)23(5,6)30-24/h7-8,11,13-14,16,19-20H,9-10,12,25H2,1-6H3,(H,26,27). The van der Waals surface area contributed by atoms with Gasteiger partial charge in [-0.25, -0.2) is 4.98 Å². The largest absolute Gasteiger partial charge is 0.494 e. The van der Waals surface area contributed by atoms with Gasteiger partial charge in [0.2, 0.25) is 0 Å². The van der Waals surface area contributed by atoms with Gasteiger partial charge in [-0.05, 0) is 70.0 Å². The van der Waals surface area contributed by atoms with Crippen LogP contribution in [0.1, 0.15) is 66.3 Å². The third-order valence-electron chi connectivity index (χ3n) is 7.88. The zero-order valence-corrected chi connectivity index (χ0v) is 19.1. The van der Waals surface area contributed by atoms with Gasteiger partial charge in [0.05, 0.1) is 28.3 Å². The van der Waals surface area contributed by atoms with Crippen molar-refractivity contribution in [3.05, 3.63) is 24.0 Å². The smallest absolute Gasteiger partial charge is 0.399 e. The number of piperidine rings is 1. The van der Waals surface area contributed by atoms with E-state index < -0.39 is 0 Å². The first-order chi connectivity index (χ1) is 14.1. The summed E-state index contributed by atoms with van der Waals surface area (Å²) in [5, 5.41) is 0. The fourth-order valence-corrected chi connectivity index (χ4v) is 4.86. The molecule has 2 aliphatic heterocycles. The summed E-state index contributed by atoms with van der Waals surface area (Å²) in [5.74, 6) is 2.36. The minimum Gasteiger partial charge on any atom is -0.399 e. The van der Waals surface area contributed by atoms with Crippen molar-refractivity contribution in [1.29, 1.82) is 0 Å². The molecule has 1 aliphatic carbocycles. The van der Waals surface area contributed by atoms with Gasteiger partial charge in [-0.2, -0.15) is 0 Å². The van der Waals surface area contributed by atoms with Crippen molar-refractivity contribution in [1.82, 2.24) is 14.9 Å². The van der Waals surface area contributed by atoms with Crippen LogP contribution >= 0.6 is 0 Å². The Hall–Kier alpha value is -1.41. The lowest BCUT2D eigenvalue weighted by Crippen LogP contribution is -2.42. The van der Waals surface area contributed by atoms with Gasteiger partial charge in [0.1, 0.15) is 5.82 Å². The van der Waals surface area contributed by atoms with Crippen molar-refractivity contribution in [3.8, 4) is 0 Å². The van der Waals surface area contributed by atoms with Crippen LogP contribution in [0.2, 0.25) is 0 Å². The van der Waals surface area contributed by atoms with E-state index in [0.717, 1.165) is 34.8 Å². The molecule has 6 nitrogen and oxygen atoms in total. The average Bonchev–Trinajstić information content (AvgIpc) is 3.05. The topological polar surface area (TPSA) is 76.4 Å². The summed E-state index contributed by atoms with van der Waals surface area (Å²) >= 11 is 0. The molecule has 1 aromatic carbocycles. The number of aromatic amines is 1. The zero-order chi connectivity index (χ0) is 21.4. The van der Waals surface area contributed by atoms with Gasteiger partial charge in [-0.3, -0.25) is 4.90 Å². The zero-order valence-electron chi connectivity index (χ0n) is 19.1. The number of rotatable bonds is 5. The molecule has 0 bridgehead atoms. The molecule has 3 N–H and O–H groups in total. The van der Waals surface area contributed by atoms with Gasteiger partial charge in [0.25, 0.3) is 0 Å². The van der Waals surface area contributed by atoms with Crippen molar-refractivity contribution in [2.75, 3.05) is 6.54 Å². The van der Waals surface area contributed by atoms with E-state index in [1.54, 1.807) is 0 Å². The van der Waals surface area contributed by atoms with Crippen molar-refractivity contribution < 1.29 is 9.31 Å². The number of nitrogens with zero attached hydrogens (tertiary/aromatic N) is 2. The number of nitrogens with one attached hydrogen (secondary N) is 1. The molecule has 1 aromatic heterocycles. The highest BCUT2D eigenvalue weighted by atomic mass is 16.7. The van der Waals surface area contributed by atoms with Crippen LogP contribution in [-0.4, -0.2) is 51.8 Å². The summed E-state index contributed by atoms with van der Waals surface area (Å²) in [6.07, 6.45) is 2.49. The number of hydrogen-bond acceptors (Lipinski definition) is 5. The number of hydrogen-bond donors (Lipinski definition) is 2. The van der Waals surface area contributed by atoms with E-state index in [-0.39, 0.29) is 24.4 Å². The van der Waals surface area contributed by atoms with Crippen molar-refractivity contribution >= 4 is 23.6 Å². The summed E-state index contributed by atoms with van der Waals surface area (Å²) in [6, 6.07) is 7.52. The van der Waals surface area contributed by atoms with E-state index >= 15 is 0 Å². The Morgan fingerprint density at radius 3 is 2.57 bits per heavy atom. The van der Waals surface area contributed by atoms with E-state index in [9.17, 15) is 0 Å². The van der Waals surface area contributed by atoms with E-state index in [0.29, 0.717) is 18.0 Å². The van der Waals surface area contributed by atoms with Crippen LogP contribution in [0.25, 0.3) is 11.0 Å². The number of fused-ring (bicyclic) bond motifs is 2. The first-order valence-electron chi connectivity index (χ1n) is 11.4. The fourth-order valence-electron chi connectivity index (χ4n) is 4.86. The molecule has 1 saturated carbocycles. The molecule has 3 heterocycles. The summed E-state index contributed by atoms with van der Waals surface area (Å²) in [5.41, 5.74) is 8.82. The lowest BCUT2D eigenvalue weighted by atomic mass is 9.79. The number of imidazole rings is 1. The lowest BCUT2D eigenvalue weighted by molar-refractivity contribution is 0.00578. The molecule has 162 valence electrons. The monoisotopic (exact) mass is 410 g/mol. The van der Waals surface area contributed by atoms with Crippen LogP contribution in [0.3, 0.4) is 0 Å². The third kappa shape index (κ3) is 3.31. The van der Waals surface area contributed by atoms with Gasteiger partial charge in [0.15, 0.2) is 0 Å². The van der Waals surface area contributed by atoms with E-state index in [4.69, 9.17) is 20.0 Å². The Balaban J connectivity index is 1.39. The Kier molecular flexibility index (Phi) is 4.64. The molecule has 2 saturated heterocycles. The van der Waals surface area contributed by atoms with Gasteiger partial charge >= 0.3 is 7.12 Å². The summed E-state index contributed by atoms with van der Waals surface area (Å²) in [4.78, 5) is 11.2. The van der Waals surface area contributed by atoms with E-state index in [1.165, 1.54) is 12.8 Å². The molecule has 4 unspecified atom stereocenters. The van der Waals surface area contributed by atoms with Gasteiger partial charge in [-0.1, -0.05) is 19.9 Å². The van der Waals surface area contributed by atoms with Crippen LogP contribution in [-0.2, 0) is 9.31 Å². The predicted octanol–water partition coefficient (Wildman–Crippen LogP) is 2.98. The highest BCUT2D eigenvalue weighted by molar-refractivity contribution is 6.62. The molecule has 30 heavy (non-hydrogen) atoms. The molecule has 4 atom stereocenters. The second-order valence-electron chi connectivity index (χ2n) is 10.9. The molecule has 0 spiro atoms. The second kappa shape index (κ2) is 6.79. The SMILES string of the molecule is CC(C)C(N)CN1C(c2nc3ccc(B4OC(C)(C)C(C)(C)O4)cc3[nH]2)CC2CC21. The maximum atomic E-state index is 6.43. The molecular weight excluding hydrogens is 375 g/mol. The second-order valence-corrected chi connectivity index (χ2v) is 10.9. The van der Waals surface area contributed by atoms with Crippen molar-refractivity contribution in [3.63, 3.8) is 0 Å². The maximum absolute atomic E-state index is 6.43. The van der Waals surface area contributed by atoms with Crippen LogP contribution < -0.4 is 11.2 Å². The van der Waals surface area contributed by atoms with E-state index in [2.05, 4.69) is 69.6 Å². The Bertz CT molecular complexity index is 940. The lowest BCUT2D eigenvalue weighted by Gasteiger charge is -2.32. The molecule has 5 rings (SSSR count). The Labute approximate surface area is 180 Å². The molecule has 2 aromatic rings. The van der Waals surface area contributed by atoms with Gasteiger partial charge in [-0.15, -0.1) is 0 Å². The minimum absolute atomic E-state index is 0.200. The molecule has 3 fully saturated rings. The van der Waals surface area contributed by atoms with Crippen LogP contribution in [0.5, 0.6) is 0 Å². The first-order valence-corrected chi connectivity index (χ1v) is 11.4. The number of likely N-dealkylation sites (tertiary alicyclic amines) is 1. The highest BCUT2D eigenvalue weighted by Crippen LogP contribution is 2.53. The Morgan fingerprint density at radius 1 is 1.20 bits per heavy atom. The molecular formula is C23H35BN4O2. The number of aromatic nitrogens is 2. The van der Waals surface area contributed by atoms with Gasteiger partial charge < -0.3 is 20.0 Å². The van der Waals surface area contributed by atoms with Crippen LogP contribution in [0.4, 0.5) is 0 Å². The Morgan fingerprint density at radius 2 is 1.90 bits per heavy atom. The normalized spacial score (nSPS) is 30.9. The quantitative estimate of drug-likeness (QED) is 0.742. The highest BCUT2D eigenvalue weighted by Gasteiger charge is 2.54. The van der Waals surface area contributed by atoms with Crippen molar-refractivity contribution in [2.24, 2.45) is 17.6 Å². The predicted molar refractivity (Wildman–Crippen MR) is 121 cm³/mol. The molecule has 3 aliphatic rings. The van der Waals surface area contributed by atoms with Crippen LogP contribution in [0, 0.1) is 11.8 Å². The molecule has 0 amide bonds. The summed E-state index contributed by atoms with van der Waals surface area (Å²) in [7, 11) is -0.356. The number of nitrogens with two attached hydrogens (primary N) is 1. The molecule has 7 heteroatoms. The van der Waals surface area contributed by atoms with E-state index in [1.807, 2.05) is 0 Å². The fraction of sp³-hybridized carbons (Fsp3) is 0.696. The van der Waals surface area contributed by atoms with Gasteiger partial charge in [0, 0.05) is 18.6 Å². The summed E-state index contributed by atoms with van der Waals surface area (Å²) in [6.45, 7) is 13.7. The average molecular weight is 410 g/mol. The maximum Gasteiger partial charge on any atom is 0.494 e. The third-order valence-corrected chi connectivity index (χ3v) is 7.88. The molecule has 0 radical (unpaired) electrons. The first kappa shape index (κ1) is 20.5. The number of benzene rings is 1. The number of H-pyrrole nitrogens is 1. The van der Waals surface area contributed by atoms with Crippen LogP contribution in [0.15, 0.2) is 18.2 Å².